The van der Waals surface area contributed by atoms with Crippen molar-refractivity contribution in [2.75, 3.05) is 0 Å². The first-order valence-electron chi connectivity index (χ1n) is 3.66. The molecule has 0 saturated heterocycles. The minimum absolute atomic E-state index is 0.244. The summed E-state index contributed by atoms with van der Waals surface area (Å²) in [7, 11) is 0. The fourth-order valence-corrected chi connectivity index (χ4v) is 2.46. The number of hydrogen-bond acceptors (Lipinski definition) is 3. The van der Waals surface area contributed by atoms with E-state index in [1.54, 1.807) is 6.07 Å². The number of aryl methyl sites for hydroxylation is 1. The number of rotatable bonds is 3. The van der Waals surface area contributed by atoms with Crippen LogP contribution in [0.25, 0.3) is 0 Å². The quantitative estimate of drug-likeness (QED) is 0.881. The Morgan fingerprint density at radius 2 is 2.38 bits per heavy atom. The van der Waals surface area contributed by atoms with Gasteiger partial charge in [-0.25, -0.2) is 0 Å². The van der Waals surface area contributed by atoms with Crippen LogP contribution in [0.5, 0.6) is 0 Å². The van der Waals surface area contributed by atoms with Crippen molar-refractivity contribution in [2.45, 2.75) is 19.4 Å². The minimum atomic E-state index is -0.991. The van der Waals surface area contributed by atoms with E-state index < -0.39 is 12.1 Å². The van der Waals surface area contributed by atoms with Gasteiger partial charge in [0, 0.05) is 14.2 Å². The fourth-order valence-electron chi connectivity index (χ4n) is 0.912. The lowest BCUT2D eigenvalue weighted by molar-refractivity contribution is -0.139. The van der Waals surface area contributed by atoms with Crippen molar-refractivity contribution in [1.29, 1.82) is 0 Å². The van der Waals surface area contributed by atoms with E-state index in [4.69, 9.17) is 5.11 Å². The minimum Gasteiger partial charge on any atom is -0.481 e. The van der Waals surface area contributed by atoms with Gasteiger partial charge in [0.15, 0.2) is 0 Å². The first-order valence-corrected chi connectivity index (χ1v) is 5.27. The van der Waals surface area contributed by atoms with Gasteiger partial charge < -0.3 is 10.2 Å². The predicted molar refractivity (Wildman–Crippen MR) is 54.0 cm³/mol. The molecule has 72 valence electrons. The molecule has 1 unspecified atom stereocenters. The molecule has 0 amide bonds. The lowest BCUT2D eigenvalue weighted by Gasteiger charge is -2.03. The van der Waals surface area contributed by atoms with Gasteiger partial charge >= 0.3 is 5.97 Å². The van der Waals surface area contributed by atoms with Crippen LogP contribution in [0.4, 0.5) is 0 Å². The maximum atomic E-state index is 10.3. The Labute approximate surface area is 88.1 Å². The Morgan fingerprint density at radius 3 is 2.77 bits per heavy atom. The number of halogens is 1. The number of carboxylic acids is 1. The van der Waals surface area contributed by atoms with Gasteiger partial charge in [-0.05, 0) is 28.9 Å². The monoisotopic (exact) mass is 264 g/mol. The van der Waals surface area contributed by atoms with Crippen molar-refractivity contribution in [3.8, 4) is 0 Å². The van der Waals surface area contributed by atoms with Gasteiger partial charge in [-0.1, -0.05) is 0 Å². The average Bonchev–Trinajstić information content (AvgIpc) is 2.31. The molecule has 13 heavy (non-hydrogen) atoms. The van der Waals surface area contributed by atoms with Crippen LogP contribution in [0.2, 0.25) is 0 Å². The highest BCUT2D eigenvalue weighted by molar-refractivity contribution is 9.10. The molecule has 0 aliphatic heterocycles. The van der Waals surface area contributed by atoms with Crippen LogP contribution in [-0.4, -0.2) is 16.2 Å². The van der Waals surface area contributed by atoms with Gasteiger partial charge in [0.05, 0.1) is 12.5 Å². The third-order valence-corrected chi connectivity index (χ3v) is 3.81. The van der Waals surface area contributed by atoms with Crippen molar-refractivity contribution in [2.24, 2.45) is 0 Å². The van der Waals surface area contributed by atoms with Gasteiger partial charge in [-0.2, -0.15) is 0 Å². The molecule has 2 N–H and O–H groups in total. The molecule has 1 aromatic heterocycles. The third kappa shape index (κ3) is 2.79. The molecule has 1 atom stereocenters. The number of aliphatic carboxylic acids is 1. The summed E-state index contributed by atoms with van der Waals surface area (Å²) in [5.41, 5.74) is 0. The van der Waals surface area contributed by atoms with Gasteiger partial charge in [-0.3, -0.25) is 4.79 Å². The molecule has 0 aliphatic rings. The molecule has 0 spiro atoms. The first-order chi connectivity index (χ1) is 6.00. The molecule has 0 aliphatic carbocycles. The molecule has 1 heterocycles. The van der Waals surface area contributed by atoms with Crippen molar-refractivity contribution in [3.05, 3.63) is 20.3 Å². The summed E-state index contributed by atoms with van der Waals surface area (Å²) in [6.45, 7) is 1.91. The van der Waals surface area contributed by atoms with Crippen molar-refractivity contribution < 1.29 is 15.0 Å². The smallest absolute Gasteiger partial charge is 0.306 e. The SMILES string of the molecule is Cc1sc(C(O)CC(=O)O)cc1Br. The van der Waals surface area contributed by atoms with Gasteiger partial charge in [0.25, 0.3) is 0 Å². The first kappa shape index (κ1) is 10.7. The van der Waals surface area contributed by atoms with Crippen molar-refractivity contribution in [3.63, 3.8) is 0 Å². The number of thiophene rings is 1. The standard InChI is InChI=1S/C8H9BrO3S/c1-4-5(9)2-7(13-4)6(10)3-8(11)12/h2,6,10H,3H2,1H3,(H,11,12). The zero-order valence-electron chi connectivity index (χ0n) is 6.95. The molecule has 0 radical (unpaired) electrons. The molecule has 0 fully saturated rings. The van der Waals surface area contributed by atoms with E-state index in [1.165, 1.54) is 11.3 Å². The Morgan fingerprint density at radius 1 is 1.77 bits per heavy atom. The number of carboxylic acid groups (broad SMARTS) is 1. The Hall–Kier alpha value is -0.390. The average molecular weight is 265 g/mol. The van der Waals surface area contributed by atoms with Gasteiger partial charge in [0.2, 0.25) is 0 Å². The number of aliphatic hydroxyl groups excluding tert-OH is 1. The van der Waals surface area contributed by atoms with E-state index in [0.717, 1.165) is 9.35 Å². The summed E-state index contributed by atoms with van der Waals surface area (Å²) >= 11 is 4.71. The van der Waals surface area contributed by atoms with Crippen LogP contribution >= 0.6 is 27.3 Å². The highest BCUT2D eigenvalue weighted by atomic mass is 79.9. The van der Waals surface area contributed by atoms with Crippen LogP contribution in [-0.2, 0) is 4.79 Å². The lowest BCUT2D eigenvalue weighted by atomic mass is 10.2. The number of aliphatic hydroxyl groups is 1. The number of carbonyl (C=O) groups is 1. The van der Waals surface area contributed by atoms with E-state index in [2.05, 4.69) is 15.9 Å². The zero-order chi connectivity index (χ0) is 10.0. The molecule has 3 nitrogen and oxygen atoms in total. The summed E-state index contributed by atoms with van der Waals surface area (Å²) in [6.07, 6.45) is -1.14. The van der Waals surface area contributed by atoms with E-state index in [0.29, 0.717) is 4.88 Å². The molecule has 1 rings (SSSR count). The summed E-state index contributed by atoms with van der Waals surface area (Å²) < 4.78 is 0.914. The summed E-state index contributed by atoms with van der Waals surface area (Å²) in [6, 6.07) is 1.76. The van der Waals surface area contributed by atoms with Crippen LogP contribution < -0.4 is 0 Å². The summed E-state index contributed by atoms with van der Waals surface area (Å²) in [4.78, 5) is 12.0. The second-order valence-electron chi connectivity index (χ2n) is 2.67. The summed E-state index contributed by atoms with van der Waals surface area (Å²) in [5, 5.41) is 17.9. The summed E-state index contributed by atoms with van der Waals surface area (Å²) in [5.74, 6) is -0.991. The zero-order valence-corrected chi connectivity index (χ0v) is 9.35. The normalized spacial score (nSPS) is 12.8. The lowest BCUT2D eigenvalue weighted by Crippen LogP contribution is -2.03. The molecule has 0 aromatic carbocycles. The molecule has 1 aromatic rings. The van der Waals surface area contributed by atoms with Crippen LogP contribution in [0.3, 0.4) is 0 Å². The molecule has 0 bridgehead atoms. The Bertz CT molecular complexity index is 302. The van der Waals surface area contributed by atoms with Crippen LogP contribution in [0.1, 0.15) is 22.3 Å². The second kappa shape index (κ2) is 4.21. The van der Waals surface area contributed by atoms with E-state index in [9.17, 15) is 9.90 Å². The van der Waals surface area contributed by atoms with Gasteiger partial charge in [-0.15, -0.1) is 11.3 Å². The molecular formula is C8H9BrO3S. The molecular weight excluding hydrogens is 256 g/mol. The number of hydrogen-bond donors (Lipinski definition) is 2. The Kier molecular flexibility index (Phi) is 3.47. The second-order valence-corrected chi connectivity index (χ2v) is 4.81. The topological polar surface area (TPSA) is 57.5 Å². The fraction of sp³-hybridized carbons (Fsp3) is 0.375. The van der Waals surface area contributed by atoms with Crippen molar-refractivity contribution >= 4 is 33.2 Å². The van der Waals surface area contributed by atoms with Crippen LogP contribution in [0, 0.1) is 6.92 Å². The highest BCUT2D eigenvalue weighted by Crippen LogP contribution is 2.31. The molecule has 0 saturated carbocycles. The van der Waals surface area contributed by atoms with Gasteiger partial charge in [0.1, 0.15) is 0 Å². The molecule has 5 heteroatoms. The maximum Gasteiger partial charge on any atom is 0.306 e. The highest BCUT2D eigenvalue weighted by Gasteiger charge is 2.15. The predicted octanol–water partition coefficient (Wildman–Crippen LogP) is 2.33. The van der Waals surface area contributed by atoms with E-state index >= 15 is 0 Å². The largest absolute Gasteiger partial charge is 0.481 e. The van der Waals surface area contributed by atoms with Crippen molar-refractivity contribution in [1.82, 2.24) is 0 Å². The van der Waals surface area contributed by atoms with E-state index in [1.807, 2.05) is 6.92 Å². The third-order valence-electron chi connectivity index (χ3n) is 1.57. The van der Waals surface area contributed by atoms with E-state index in [-0.39, 0.29) is 6.42 Å². The maximum absolute atomic E-state index is 10.3. The van der Waals surface area contributed by atoms with Crippen LogP contribution in [0.15, 0.2) is 10.5 Å². The Balaban J connectivity index is 2.77.